The second kappa shape index (κ2) is 10.9. The van der Waals surface area contributed by atoms with Crippen LogP contribution in [0.1, 0.15) is 63.6 Å². The van der Waals surface area contributed by atoms with Crippen LogP contribution in [-0.4, -0.2) is 63.5 Å². The number of rotatable bonds is 2. The van der Waals surface area contributed by atoms with Gasteiger partial charge >= 0.3 is 5.97 Å². The lowest BCUT2D eigenvalue weighted by molar-refractivity contribution is -0.156. The van der Waals surface area contributed by atoms with Crippen LogP contribution in [0, 0.1) is 24.2 Å². The molecule has 0 amide bonds. The molecule has 0 spiro atoms. The van der Waals surface area contributed by atoms with Crippen LogP contribution < -0.4 is 0 Å². The molecule has 2 aliphatic heterocycles. The van der Waals surface area contributed by atoms with E-state index in [0.29, 0.717) is 12.8 Å². The first-order valence-corrected chi connectivity index (χ1v) is 14.0. The number of esters is 1. The summed E-state index contributed by atoms with van der Waals surface area (Å²) >= 11 is 8.21. The molecule has 1 aromatic heterocycles. The molecular formula is C27H36ClNO7S. The highest BCUT2D eigenvalue weighted by Crippen LogP contribution is 2.47. The second-order valence-electron chi connectivity index (χ2n) is 10.9. The Kier molecular flexibility index (Phi) is 8.34. The average Bonchev–Trinajstić information content (AvgIpc) is 3.30. The summed E-state index contributed by atoms with van der Waals surface area (Å²) in [7, 11) is 0. The molecule has 2 fully saturated rings. The van der Waals surface area contributed by atoms with Gasteiger partial charge in [-0.2, -0.15) is 0 Å². The number of benzene rings is 1. The van der Waals surface area contributed by atoms with Gasteiger partial charge in [-0.05, 0) is 31.0 Å². The minimum Gasteiger partial charge on any atom is -0.457 e. The van der Waals surface area contributed by atoms with Gasteiger partial charge in [-0.15, -0.1) is 11.3 Å². The van der Waals surface area contributed by atoms with Gasteiger partial charge in [0.2, 0.25) is 0 Å². The van der Waals surface area contributed by atoms with Gasteiger partial charge in [-0.1, -0.05) is 45.4 Å². The van der Waals surface area contributed by atoms with Gasteiger partial charge < -0.3 is 24.4 Å². The van der Waals surface area contributed by atoms with Crippen molar-refractivity contribution >= 4 is 44.9 Å². The number of aliphatic hydroxyl groups is 2. The molecule has 7 atom stereocenters. The minimum atomic E-state index is -1.29. The predicted octanol–water partition coefficient (Wildman–Crippen LogP) is 4.31. The third kappa shape index (κ3) is 6.02. The van der Waals surface area contributed by atoms with Crippen LogP contribution in [0.4, 0.5) is 0 Å². The van der Waals surface area contributed by atoms with Gasteiger partial charge in [-0.3, -0.25) is 9.59 Å². The quantitative estimate of drug-likeness (QED) is 0.321. The van der Waals surface area contributed by atoms with E-state index in [0.717, 1.165) is 20.8 Å². The van der Waals surface area contributed by atoms with E-state index in [1.165, 1.54) is 0 Å². The lowest BCUT2D eigenvalue weighted by Gasteiger charge is -2.35. The third-order valence-electron chi connectivity index (χ3n) is 7.63. The molecule has 2 aromatic rings. The van der Waals surface area contributed by atoms with Crippen molar-refractivity contribution in [3.63, 3.8) is 0 Å². The van der Waals surface area contributed by atoms with E-state index in [-0.39, 0.29) is 31.3 Å². The van der Waals surface area contributed by atoms with Crippen LogP contribution in [0.25, 0.3) is 10.2 Å². The van der Waals surface area contributed by atoms with E-state index in [1.54, 1.807) is 25.2 Å². The van der Waals surface area contributed by atoms with Crippen molar-refractivity contribution in [2.75, 3.05) is 13.2 Å². The normalized spacial score (nSPS) is 35.7. The molecule has 204 valence electrons. The van der Waals surface area contributed by atoms with E-state index in [2.05, 4.69) is 4.98 Å². The molecule has 2 N–H and O–H groups in total. The van der Waals surface area contributed by atoms with Crippen molar-refractivity contribution in [1.82, 2.24) is 4.98 Å². The van der Waals surface area contributed by atoms with Crippen molar-refractivity contribution in [2.24, 2.45) is 17.3 Å². The monoisotopic (exact) mass is 553 g/mol. The maximum atomic E-state index is 13.4. The highest BCUT2D eigenvalue weighted by molar-refractivity contribution is 7.18. The van der Waals surface area contributed by atoms with Gasteiger partial charge in [0.05, 0.1) is 52.5 Å². The van der Waals surface area contributed by atoms with Crippen LogP contribution in [0.15, 0.2) is 18.2 Å². The van der Waals surface area contributed by atoms with Gasteiger partial charge in [0.1, 0.15) is 18.0 Å². The Labute approximate surface area is 226 Å². The Morgan fingerprint density at radius 3 is 2.68 bits per heavy atom. The highest BCUT2D eigenvalue weighted by Gasteiger charge is 2.57. The number of hydrogen-bond donors (Lipinski definition) is 2. The molecule has 2 unspecified atom stereocenters. The minimum absolute atomic E-state index is 0.0935. The Morgan fingerprint density at radius 2 is 1.97 bits per heavy atom. The fourth-order valence-corrected chi connectivity index (χ4v) is 6.06. The zero-order valence-corrected chi connectivity index (χ0v) is 23.5. The van der Waals surface area contributed by atoms with Gasteiger partial charge in [-0.25, -0.2) is 4.98 Å². The van der Waals surface area contributed by atoms with Crippen molar-refractivity contribution < 1.29 is 34.0 Å². The zero-order chi connectivity index (χ0) is 27.1. The number of carbonyl (C=O) groups is 2. The van der Waals surface area contributed by atoms with Crippen molar-refractivity contribution in [3.8, 4) is 0 Å². The summed E-state index contributed by atoms with van der Waals surface area (Å²) in [6.45, 7) is 9.04. The number of thiazole rings is 1. The number of halogens is 1. The summed E-state index contributed by atoms with van der Waals surface area (Å²) in [5.74, 6) is -2.01. The van der Waals surface area contributed by atoms with E-state index < -0.39 is 46.8 Å². The molecule has 3 heterocycles. The largest absolute Gasteiger partial charge is 0.457 e. The van der Waals surface area contributed by atoms with Crippen molar-refractivity contribution in [2.45, 2.75) is 83.4 Å². The molecule has 2 saturated heterocycles. The number of fused-ring (bicyclic) bond motifs is 2. The number of aromatic nitrogens is 1. The average molecular weight is 554 g/mol. The molecule has 1 aromatic carbocycles. The van der Waals surface area contributed by atoms with Crippen LogP contribution in [0.5, 0.6) is 0 Å². The maximum absolute atomic E-state index is 13.4. The summed E-state index contributed by atoms with van der Waals surface area (Å²) in [6, 6.07) is 5.73. The Hall–Kier alpha value is -1.62. The second-order valence-corrected chi connectivity index (χ2v) is 12.7. The van der Waals surface area contributed by atoms with Crippen LogP contribution in [0.3, 0.4) is 0 Å². The number of cyclic esters (lactones) is 1. The van der Waals surface area contributed by atoms with Gasteiger partial charge in [0, 0.05) is 18.3 Å². The first kappa shape index (κ1) is 28.4. The molecule has 0 radical (unpaired) electrons. The summed E-state index contributed by atoms with van der Waals surface area (Å²) < 4.78 is 18.4. The summed E-state index contributed by atoms with van der Waals surface area (Å²) in [4.78, 5) is 31.0. The van der Waals surface area contributed by atoms with Crippen LogP contribution >= 0.6 is 22.9 Å². The number of epoxide rings is 1. The number of aliphatic hydroxyl groups excluding tert-OH is 2. The number of nitrogens with zero attached hydrogens (tertiary/aromatic N) is 1. The number of ether oxygens (including phenoxy) is 3. The van der Waals surface area contributed by atoms with E-state index in [9.17, 15) is 19.8 Å². The van der Waals surface area contributed by atoms with Gasteiger partial charge in [0.25, 0.3) is 0 Å². The zero-order valence-electron chi connectivity index (χ0n) is 21.9. The SMILES string of the molecule is CC[C@H]1C(=O)C(C)(C)[C@@H](O)CC(=O)O[C@H](c2ccc3sc(C)nc3c2)CC2OC2(Cl)COC[C@H](C)[C@@H]1O. The summed E-state index contributed by atoms with van der Waals surface area (Å²) in [5.41, 5.74) is 0.288. The molecule has 4 rings (SSSR count). The maximum Gasteiger partial charge on any atom is 0.309 e. The lowest BCUT2D eigenvalue weighted by Crippen LogP contribution is -2.47. The van der Waals surface area contributed by atoms with Crippen molar-refractivity contribution in [1.29, 1.82) is 0 Å². The van der Waals surface area contributed by atoms with Crippen LogP contribution in [0.2, 0.25) is 0 Å². The fourth-order valence-electron chi connectivity index (χ4n) is 4.98. The van der Waals surface area contributed by atoms with Crippen LogP contribution in [-0.2, 0) is 23.8 Å². The van der Waals surface area contributed by atoms with Gasteiger partial charge in [0.15, 0.2) is 5.06 Å². The highest BCUT2D eigenvalue weighted by atomic mass is 35.5. The molecule has 0 aliphatic carbocycles. The number of Topliss-reactive ketones (excluding diaryl/α,β-unsaturated/α-hetero) is 1. The summed E-state index contributed by atoms with van der Waals surface area (Å²) in [5, 5.41) is 21.8. The molecule has 37 heavy (non-hydrogen) atoms. The van der Waals surface area contributed by atoms with E-state index in [1.807, 2.05) is 39.0 Å². The molecule has 2 aliphatic rings. The topological polar surface area (TPSA) is 118 Å². The predicted molar refractivity (Wildman–Crippen MR) is 140 cm³/mol. The molecule has 0 saturated carbocycles. The van der Waals surface area contributed by atoms with E-state index >= 15 is 0 Å². The molecule has 0 bridgehead atoms. The number of carbonyl (C=O) groups excluding carboxylic acids is 2. The fraction of sp³-hybridized carbons (Fsp3) is 0.667. The smallest absolute Gasteiger partial charge is 0.309 e. The standard InChI is InChI=1S/C27H36ClNO7S/c1-6-17-24(32)14(2)12-34-13-27(28)22(36-27)10-19(16-7-8-20-18(9-16)29-15(3)37-20)35-23(31)11-21(30)26(4,5)25(17)33/h7-9,14,17,19,21-22,24,30,32H,6,10-13H2,1-5H3/t14-,17+,19-,21-,22?,24-,27?/m0/s1. The van der Waals surface area contributed by atoms with E-state index in [4.69, 9.17) is 25.8 Å². The number of aryl methyl sites for hydroxylation is 1. The number of alkyl halides is 1. The summed E-state index contributed by atoms with van der Waals surface area (Å²) in [6.07, 6.45) is -3.05. The third-order valence-corrected chi connectivity index (χ3v) is 9.03. The number of hydrogen-bond acceptors (Lipinski definition) is 9. The Bertz CT molecular complexity index is 1150. The molecule has 10 heteroatoms. The molecular weight excluding hydrogens is 518 g/mol. The first-order chi connectivity index (χ1) is 17.4. The Morgan fingerprint density at radius 1 is 1.24 bits per heavy atom. The first-order valence-electron chi connectivity index (χ1n) is 12.8. The molecule has 8 nitrogen and oxygen atoms in total. The van der Waals surface area contributed by atoms with Crippen molar-refractivity contribution in [3.05, 3.63) is 28.8 Å². The number of ketones is 1. The lowest BCUT2D eigenvalue weighted by atomic mass is 9.72. The Balaban J connectivity index is 1.62.